The highest BCUT2D eigenvalue weighted by atomic mass is 16.5. The number of methoxy groups -OCH3 is 3. The van der Waals surface area contributed by atoms with Gasteiger partial charge in [-0.05, 0) is 24.3 Å². The molecule has 7 heteroatoms. The van der Waals surface area contributed by atoms with Crippen molar-refractivity contribution >= 4 is 11.6 Å². The summed E-state index contributed by atoms with van der Waals surface area (Å²) in [5.41, 5.74) is 1.42. The van der Waals surface area contributed by atoms with Crippen LogP contribution in [0.5, 0.6) is 17.2 Å². The Morgan fingerprint density at radius 1 is 1.04 bits per heavy atom. The minimum absolute atomic E-state index is 0.173. The molecule has 1 heterocycles. The Hall–Kier alpha value is -3.48. The fourth-order valence-corrected chi connectivity index (χ4v) is 2.68. The molecule has 1 amide bonds. The molecule has 0 unspecified atom stereocenters. The molecule has 0 fully saturated rings. The van der Waals surface area contributed by atoms with Gasteiger partial charge in [0.05, 0.1) is 33.2 Å². The van der Waals surface area contributed by atoms with Crippen molar-refractivity contribution in [3.8, 4) is 28.6 Å². The number of benzene rings is 2. The van der Waals surface area contributed by atoms with Gasteiger partial charge in [-0.25, -0.2) is 4.98 Å². The smallest absolute Gasteiger partial charge is 0.224 e. The van der Waals surface area contributed by atoms with E-state index in [-0.39, 0.29) is 12.3 Å². The van der Waals surface area contributed by atoms with Crippen LogP contribution in [0.3, 0.4) is 0 Å². The number of nitrogens with zero attached hydrogens (tertiary/aromatic N) is 1. The summed E-state index contributed by atoms with van der Waals surface area (Å²) in [5.74, 6) is 2.88. The number of nitrogens with one attached hydrogen (secondary N) is 1. The van der Waals surface area contributed by atoms with Gasteiger partial charge in [0.1, 0.15) is 17.2 Å². The van der Waals surface area contributed by atoms with Gasteiger partial charge >= 0.3 is 0 Å². The lowest BCUT2D eigenvalue weighted by Crippen LogP contribution is -2.13. The van der Waals surface area contributed by atoms with Crippen molar-refractivity contribution in [2.45, 2.75) is 12.8 Å². The van der Waals surface area contributed by atoms with Crippen LogP contribution < -0.4 is 19.5 Å². The van der Waals surface area contributed by atoms with Gasteiger partial charge in [-0.1, -0.05) is 12.1 Å². The van der Waals surface area contributed by atoms with Crippen LogP contribution in [0.2, 0.25) is 0 Å². The molecule has 7 nitrogen and oxygen atoms in total. The Balaban J connectivity index is 1.62. The van der Waals surface area contributed by atoms with E-state index in [1.54, 1.807) is 45.7 Å². The van der Waals surface area contributed by atoms with Crippen LogP contribution in [-0.2, 0) is 11.2 Å². The SMILES string of the molecule is COc1cccc(-c2cnc(CCC(=O)Nc3cc(OC)ccc3OC)o2)c1. The Bertz CT molecular complexity index is 951. The van der Waals surface area contributed by atoms with E-state index in [1.807, 2.05) is 24.3 Å². The van der Waals surface area contributed by atoms with E-state index < -0.39 is 0 Å². The third-order valence-electron chi connectivity index (χ3n) is 4.15. The molecule has 0 saturated heterocycles. The molecule has 0 saturated carbocycles. The summed E-state index contributed by atoms with van der Waals surface area (Å²) in [6.07, 6.45) is 2.24. The van der Waals surface area contributed by atoms with E-state index in [2.05, 4.69) is 10.3 Å². The van der Waals surface area contributed by atoms with Gasteiger partial charge in [-0.15, -0.1) is 0 Å². The van der Waals surface area contributed by atoms with Crippen molar-refractivity contribution in [3.63, 3.8) is 0 Å². The number of amides is 1. The van der Waals surface area contributed by atoms with Crippen molar-refractivity contribution in [3.05, 3.63) is 54.6 Å². The molecule has 3 rings (SSSR count). The summed E-state index contributed by atoms with van der Waals surface area (Å²) in [5, 5.41) is 2.83. The second-order valence-corrected chi connectivity index (χ2v) is 5.96. The molecule has 146 valence electrons. The third kappa shape index (κ3) is 4.62. The van der Waals surface area contributed by atoms with Crippen LogP contribution in [-0.4, -0.2) is 32.2 Å². The fraction of sp³-hybridized carbons (Fsp3) is 0.238. The number of anilines is 1. The van der Waals surface area contributed by atoms with E-state index in [1.165, 1.54) is 0 Å². The van der Waals surface area contributed by atoms with Gasteiger partial charge in [0, 0.05) is 24.5 Å². The molecule has 0 aliphatic rings. The van der Waals surface area contributed by atoms with E-state index in [4.69, 9.17) is 18.6 Å². The Labute approximate surface area is 163 Å². The molecule has 1 N–H and O–H groups in total. The van der Waals surface area contributed by atoms with E-state index in [9.17, 15) is 4.79 Å². The van der Waals surface area contributed by atoms with E-state index in [0.29, 0.717) is 35.3 Å². The van der Waals surface area contributed by atoms with Crippen LogP contribution >= 0.6 is 0 Å². The van der Waals surface area contributed by atoms with Crippen molar-refractivity contribution in [2.24, 2.45) is 0 Å². The zero-order valence-corrected chi connectivity index (χ0v) is 16.0. The molecule has 0 atom stereocenters. The molecule has 0 spiro atoms. The Morgan fingerprint density at radius 3 is 2.57 bits per heavy atom. The fourth-order valence-electron chi connectivity index (χ4n) is 2.68. The summed E-state index contributed by atoms with van der Waals surface area (Å²) in [4.78, 5) is 16.6. The maximum absolute atomic E-state index is 12.3. The van der Waals surface area contributed by atoms with Gasteiger partial charge in [0.15, 0.2) is 11.7 Å². The normalized spacial score (nSPS) is 10.4. The number of aryl methyl sites for hydroxylation is 1. The number of aromatic nitrogens is 1. The highest BCUT2D eigenvalue weighted by Gasteiger charge is 2.12. The Morgan fingerprint density at radius 2 is 1.82 bits per heavy atom. The van der Waals surface area contributed by atoms with Crippen molar-refractivity contribution in [1.29, 1.82) is 0 Å². The number of oxazole rings is 1. The lowest BCUT2D eigenvalue weighted by molar-refractivity contribution is -0.116. The molecule has 0 bridgehead atoms. The zero-order valence-electron chi connectivity index (χ0n) is 16.0. The molecule has 0 aliphatic heterocycles. The average Bonchev–Trinajstić information content (AvgIpc) is 3.21. The first-order valence-electron chi connectivity index (χ1n) is 8.74. The van der Waals surface area contributed by atoms with Crippen LogP contribution in [0.15, 0.2) is 53.1 Å². The summed E-state index contributed by atoms with van der Waals surface area (Å²) >= 11 is 0. The number of carbonyl (C=O) groups excluding carboxylic acids is 1. The first-order chi connectivity index (χ1) is 13.6. The molecule has 28 heavy (non-hydrogen) atoms. The summed E-state index contributed by atoms with van der Waals surface area (Å²) in [7, 11) is 4.72. The van der Waals surface area contributed by atoms with Crippen LogP contribution in [0.4, 0.5) is 5.69 Å². The van der Waals surface area contributed by atoms with Gasteiger partial charge in [0.25, 0.3) is 0 Å². The van der Waals surface area contributed by atoms with Gasteiger partial charge in [-0.2, -0.15) is 0 Å². The minimum Gasteiger partial charge on any atom is -0.497 e. The first kappa shape index (κ1) is 19.3. The highest BCUT2D eigenvalue weighted by molar-refractivity contribution is 5.92. The number of hydrogen-bond donors (Lipinski definition) is 1. The molecular weight excluding hydrogens is 360 g/mol. The summed E-state index contributed by atoms with van der Waals surface area (Å²) in [6, 6.07) is 12.7. The lowest BCUT2D eigenvalue weighted by Gasteiger charge is -2.11. The minimum atomic E-state index is -0.173. The quantitative estimate of drug-likeness (QED) is 0.635. The second kappa shape index (κ2) is 8.94. The van der Waals surface area contributed by atoms with E-state index >= 15 is 0 Å². The van der Waals surface area contributed by atoms with Crippen LogP contribution in [0, 0.1) is 0 Å². The molecule has 2 aromatic carbocycles. The Kier molecular flexibility index (Phi) is 6.16. The predicted octanol–water partition coefficient (Wildman–Crippen LogP) is 3.94. The summed E-state index contributed by atoms with van der Waals surface area (Å²) < 4.78 is 21.4. The molecule has 0 radical (unpaired) electrons. The average molecular weight is 382 g/mol. The zero-order chi connectivity index (χ0) is 19.9. The van der Waals surface area contributed by atoms with Crippen molar-refractivity contribution in [2.75, 3.05) is 26.6 Å². The first-order valence-corrected chi connectivity index (χ1v) is 8.74. The summed E-state index contributed by atoms with van der Waals surface area (Å²) in [6.45, 7) is 0. The molecule has 0 aliphatic carbocycles. The van der Waals surface area contributed by atoms with Crippen LogP contribution in [0.25, 0.3) is 11.3 Å². The largest absolute Gasteiger partial charge is 0.497 e. The monoisotopic (exact) mass is 382 g/mol. The van der Waals surface area contributed by atoms with Gasteiger partial charge < -0.3 is 23.9 Å². The maximum atomic E-state index is 12.3. The number of rotatable bonds is 8. The molecular formula is C21H22N2O5. The van der Waals surface area contributed by atoms with Gasteiger partial charge in [0.2, 0.25) is 5.91 Å². The van der Waals surface area contributed by atoms with Crippen molar-refractivity contribution < 1.29 is 23.4 Å². The van der Waals surface area contributed by atoms with E-state index in [0.717, 1.165) is 11.3 Å². The standard InChI is InChI=1S/C21H22N2O5/c1-25-15-6-4-5-14(11-15)19-13-22-21(28-19)10-9-20(24)23-17-12-16(26-2)7-8-18(17)27-3/h4-8,11-13H,9-10H2,1-3H3,(H,23,24). The highest BCUT2D eigenvalue weighted by Crippen LogP contribution is 2.29. The number of carbonyl (C=O) groups is 1. The maximum Gasteiger partial charge on any atom is 0.224 e. The topological polar surface area (TPSA) is 82.8 Å². The second-order valence-electron chi connectivity index (χ2n) is 5.96. The van der Waals surface area contributed by atoms with Gasteiger partial charge in [-0.3, -0.25) is 4.79 Å². The third-order valence-corrected chi connectivity index (χ3v) is 4.15. The lowest BCUT2D eigenvalue weighted by atomic mass is 10.2. The number of ether oxygens (including phenoxy) is 3. The molecule has 1 aromatic heterocycles. The van der Waals surface area contributed by atoms with Crippen molar-refractivity contribution in [1.82, 2.24) is 4.98 Å². The predicted molar refractivity (Wildman–Crippen MR) is 105 cm³/mol. The molecule has 3 aromatic rings. The number of hydrogen-bond acceptors (Lipinski definition) is 6. The van der Waals surface area contributed by atoms with Crippen LogP contribution in [0.1, 0.15) is 12.3 Å².